The monoisotopic (exact) mass is 150 g/mol. The molecule has 0 aromatic heterocycles. The van der Waals surface area contributed by atoms with Crippen LogP contribution in [0.15, 0.2) is 0 Å². The molecule has 48 valence electrons. The molecule has 8 heavy (non-hydrogen) atoms. The molecule has 0 bridgehead atoms. The first-order valence-corrected chi connectivity index (χ1v) is 5.22. The van der Waals surface area contributed by atoms with Gasteiger partial charge in [0.25, 0.3) is 0 Å². The zero-order valence-electron chi connectivity index (χ0n) is 4.83. The van der Waals surface area contributed by atoms with E-state index in [0.29, 0.717) is 5.92 Å². The van der Waals surface area contributed by atoms with Crippen molar-refractivity contribution in [1.82, 2.24) is 0 Å². The van der Waals surface area contributed by atoms with Crippen molar-refractivity contribution in [2.75, 3.05) is 11.5 Å². The molecule has 3 heteroatoms. The molecule has 0 spiro atoms. The third-order valence-corrected chi connectivity index (χ3v) is 3.93. The Hall–Kier alpha value is 0.660. The number of aliphatic hydroxyl groups is 1. The Morgan fingerprint density at radius 2 is 2.00 bits per heavy atom. The molecule has 1 heterocycles. The summed E-state index contributed by atoms with van der Waals surface area (Å²) in [4.78, 5) is 0. The number of rotatable bonds is 0. The third-order valence-electron chi connectivity index (χ3n) is 1.31. The molecule has 1 rings (SSSR count). The number of hydrogen-bond acceptors (Lipinski definition) is 3. The lowest BCUT2D eigenvalue weighted by Crippen LogP contribution is -2.24. The zero-order chi connectivity index (χ0) is 5.98. The second kappa shape index (κ2) is 2.99. The number of aliphatic hydroxyl groups excluding tert-OH is 1. The Kier molecular flexibility index (Phi) is 2.53. The molecule has 1 aliphatic heterocycles. The van der Waals surface area contributed by atoms with Gasteiger partial charge in [0.15, 0.2) is 0 Å². The minimum absolute atomic E-state index is 0.0544. The van der Waals surface area contributed by atoms with Gasteiger partial charge in [-0.05, 0) is 5.92 Å². The molecule has 1 saturated heterocycles. The molecule has 2 atom stereocenters. The maximum atomic E-state index is 9.14. The summed E-state index contributed by atoms with van der Waals surface area (Å²) in [6, 6.07) is 0. The van der Waals surface area contributed by atoms with Gasteiger partial charge in [0.1, 0.15) is 0 Å². The van der Waals surface area contributed by atoms with E-state index in [4.69, 9.17) is 5.11 Å². The van der Waals surface area contributed by atoms with Crippen molar-refractivity contribution in [3.8, 4) is 0 Å². The van der Waals surface area contributed by atoms with Crippen LogP contribution in [-0.4, -0.2) is 22.7 Å². The van der Waals surface area contributed by atoms with Crippen molar-refractivity contribution in [2.24, 2.45) is 5.92 Å². The fourth-order valence-corrected chi connectivity index (χ4v) is 3.29. The first-order valence-electron chi connectivity index (χ1n) is 2.73. The molecule has 0 aromatic carbocycles. The molecule has 1 aliphatic rings. The van der Waals surface area contributed by atoms with Crippen molar-refractivity contribution < 1.29 is 5.11 Å². The van der Waals surface area contributed by atoms with Gasteiger partial charge in [0, 0.05) is 11.5 Å². The fraction of sp³-hybridized carbons (Fsp3) is 1.00. The van der Waals surface area contributed by atoms with Crippen molar-refractivity contribution in [3.05, 3.63) is 0 Å². The minimum Gasteiger partial charge on any atom is -0.392 e. The molecular formula is C5H10OS2. The third kappa shape index (κ3) is 1.57. The minimum atomic E-state index is -0.0544. The van der Waals surface area contributed by atoms with E-state index in [9.17, 15) is 0 Å². The molecule has 0 aliphatic carbocycles. The summed E-state index contributed by atoms with van der Waals surface area (Å²) in [6.45, 7) is 2.09. The van der Waals surface area contributed by atoms with E-state index in [-0.39, 0.29) is 6.10 Å². The molecule has 1 N–H and O–H groups in total. The highest BCUT2D eigenvalue weighted by Crippen LogP contribution is 2.32. The van der Waals surface area contributed by atoms with Crippen LogP contribution in [0.4, 0.5) is 0 Å². The topological polar surface area (TPSA) is 20.2 Å². The molecule has 2 unspecified atom stereocenters. The highest BCUT2D eigenvalue weighted by atomic mass is 33.1. The van der Waals surface area contributed by atoms with Gasteiger partial charge in [0.05, 0.1) is 6.10 Å². The summed E-state index contributed by atoms with van der Waals surface area (Å²) in [5.41, 5.74) is 0. The van der Waals surface area contributed by atoms with E-state index in [1.807, 2.05) is 10.8 Å². The van der Waals surface area contributed by atoms with Crippen molar-refractivity contribution in [1.29, 1.82) is 0 Å². The summed E-state index contributed by atoms with van der Waals surface area (Å²) in [5, 5.41) is 9.14. The average Bonchev–Trinajstić information content (AvgIpc) is 1.77. The van der Waals surface area contributed by atoms with Crippen LogP contribution >= 0.6 is 21.6 Å². The van der Waals surface area contributed by atoms with Crippen molar-refractivity contribution in [2.45, 2.75) is 13.0 Å². The lowest BCUT2D eigenvalue weighted by atomic mass is 10.1. The van der Waals surface area contributed by atoms with Crippen molar-refractivity contribution in [3.63, 3.8) is 0 Å². The first-order chi connectivity index (χ1) is 3.80. The number of hydrogen-bond donors (Lipinski definition) is 1. The predicted octanol–water partition coefficient (Wildman–Crippen LogP) is 1.38. The van der Waals surface area contributed by atoms with Gasteiger partial charge >= 0.3 is 0 Å². The van der Waals surface area contributed by atoms with Gasteiger partial charge < -0.3 is 5.11 Å². The van der Waals surface area contributed by atoms with Gasteiger partial charge in [0.2, 0.25) is 0 Å². The van der Waals surface area contributed by atoms with Crippen LogP contribution in [0.2, 0.25) is 0 Å². The molecular weight excluding hydrogens is 140 g/mol. The first kappa shape index (κ1) is 6.78. The molecule has 0 aromatic rings. The van der Waals surface area contributed by atoms with Gasteiger partial charge in [-0.2, -0.15) is 0 Å². The summed E-state index contributed by atoms with van der Waals surface area (Å²) >= 11 is 0. The van der Waals surface area contributed by atoms with Crippen LogP contribution < -0.4 is 0 Å². The van der Waals surface area contributed by atoms with E-state index < -0.39 is 0 Å². The summed E-state index contributed by atoms with van der Waals surface area (Å²) in [5.74, 6) is 2.51. The average molecular weight is 150 g/mol. The van der Waals surface area contributed by atoms with Crippen LogP contribution in [0, 0.1) is 5.92 Å². The summed E-state index contributed by atoms with van der Waals surface area (Å²) in [7, 11) is 3.64. The van der Waals surface area contributed by atoms with E-state index in [0.717, 1.165) is 11.5 Å². The maximum absolute atomic E-state index is 9.14. The van der Waals surface area contributed by atoms with Gasteiger partial charge in [-0.15, -0.1) is 0 Å². The largest absolute Gasteiger partial charge is 0.392 e. The molecule has 1 nitrogen and oxygen atoms in total. The smallest absolute Gasteiger partial charge is 0.0672 e. The maximum Gasteiger partial charge on any atom is 0.0672 e. The molecule has 0 saturated carbocycles. The zero-order valence-corrected chi connectivity index (χ0v) is 6.47. The SMILES string of the molecule is CC1CSSCC1O. The Balaban J connectivity index is 2.28. The van der Waals surface area contributed by atoms with E-state index in [2.05, 4.69) is 6.92 Å². The molecule has 0 radical (unpaired) electrons. The van der Waals surface area contributed by atoms with Gasteiger partial charge in [-0.3, -0.25) is 0 Å². The van der Waals surface area contributed by atoms with E-state index in [1.165, 1.54) is 0 Å². The quantitative estimate of drug-likeness (QED) is 0.527. The van der Waals surface area contributed by atoms with E-state index in [1.54, 1.807) is 10.8 Å². The molecule has 1 fully saturated rings. The van der Waals surface area contributed by atoms with Crippen molar-refractivity contribution >= 4 is 21.6 Å². The van der Waals surface area contributed by atoms with Crippen LogP contribution in [-0.2, 0) is 0 Å². The highest BCUT2D eigenvalue weighted by Gasteiger charge is 2.18. The lowest BCUT2D eigenvalue weighted by Gasteiger charge is -2.22. The van der Waals surface area contributed by atoms with Gasteiger partial charge in [-0.1, -0.05) is 28.5 Å². The Bertz CT molecular complexity index is 66.8. The second-order valence-electron chi connectivity index (χ2n) is 2.11. The summed E-state index contributed by atoms with van der Waals surface area (Å²) < 4.78 is 0. The fourth-order valence-electron chi connectivity index (χ4n) is 0.549. The lowest BCUT2D eigenvalue weighted by molar-refractivity contribution is 0.150. The molecule has 0 amide bonds. The van der Waals surface area contributed by atoms with Crippen LogP contribution in [0.1, 0.15) is 6.92 Å². The Labute approximate surface area is 57.6 Å². The Morgan fingerprint density at radius 1 is 1.38 bits per heavy atom. The standard InChI is InChI=1S/C5H10OS2/c1-4-2-7-8-3-5(4)6/h4-6H,2-3H2,1H3. The van der Waals surface area contributed by atoms with Gasteiger partial charge in [-0.25, -0.2) is 0 Å². The normalized spacial score (nSPS) is 39.8. The van der Waals surface area contributed by atoms with Crippen LogP contribution in [0.5, 0.6) is 0 Å². The summed E-state index contributed by atoms with van der Waals surface area (Å²) in [6.07, 6.45) is -0.0544. The van der Waals surface area contributed by atoms with Crippen LogP contribution in [0.3, 0.4) is 0 Å². The Morgan fingerprint density at radius 3 is 2.38 bits per heavy atom. The second-order valence-corrected chi connectivity index (χ2v) is 4.67. The van der Waals surface area contributed by atoms with E-state index >= 15 is 0 Å². The predicted molar refractivity (Wildman–Crippen MR) is 40.1 cm³/mol. The highest BCUT2D eigenvalue weighted by molar-refractivity contribution is 8.76. The van der Waals surface area contributed by atoms with Crippen LogP contribution in [0.25, 0.3) is 0 Å².